The SMILES string of the molecule is CCc1cccc(C)c1NC(=O)[C@@H](C)Sc1nc2ccccc2[nH]1. The Bertz CT molecular complexity index is 839. The van der Waals surface area contributed by atoms with Crippen LogP contribution >= 0.6 is 11.8 Å². The predicted molar refractivity (Wildman–Crippen MR) is 101 cm³/mol. The van der Waals surface area contributed by atoms with Gasteiger partial charge in [-0.2, -0.15) is 0 Å². The molecule has 2 aromatic carbocycles. The Balaban J connectivity index is 1.73. The number of nitrogens with one attached hydrogen (secondary N) is 2. The molecule has 0 aliphatic rings. The Kier molecular flexibility index (Phi) is 4.90. The molecule has 0 spiro atoms. The maximum absolute atomic E-state index is 12.6. The van der Waals surface area contributed by atoms with Crippen molar-refractivity contribution in [1.82, 2.24) is 9.97 Å². The minimum absolute atomic E-state index is 0.00976. The monoisotopic (exact) mass is 339 g/mol. The Morgan fingerprint density at radius 1 is 1.25 bits per heavy atom. The van der Waals surface area contributed by atoms with Crippen molar-refractivity contribution in [1.29, 1.82) is 0 Å². The van der Waals surface area contributed by atoms with Gasteiger partial charge in [0.05, 0.1) is 16.3 Å². The third kappa shape index (κ3) is 3.46. The number of imidazole rings is 1. The average Bonchev–Trinajstić information content (AvgIpc) is 2.98. The molecule has 1 amide bonds. The number of benzene rings is 2. The molecule has 3 rings (SSSR count). The fraction of sp³-hybridized carbons (Fsp3) is 0.263. The molecule has 0 saturated heterocycles. The number of amides is 1. The number of carbonyl (C=O) groups is 1. The Morgan fingerprint density at radius 2 is 2.04 bits per heavy atom. The summed E-state index contributed by atoms with van der Waals surface area (Å²) in [5, 5.41) is 3.60. The number of aromatic amines is 1. The van der Waals surface area contributed by atoms with Crippen molar-refractivity contribution in [3.05, 3.63) is 53.6 Å². The van der Waals surface area contributed by atoms with E-state index in [0.29, 0.717) is 0 Å². The molecule has 0 fully saturated rings. The van der Waals surface area contributed by atoms with Crippen LogP contribution in [0.1, 0.15) is 25.0 Å². The second kappa shape index (κ2) is 7.09. The number of H-pyrrole nitrogens is 1. The molecule has 1 atom stereocenters. The number of hydrogen-bond acceptors (Lipinski definition) is 3. The maximum atomic E-state index is 12.6. The van der Waals surface area contributed by atoms with Gasteiger partial charge in [-0.1, -0.05) is 49.0 Å². The van der Waals surface area contributed by atoms with E-state index in [9.17, 15) is 4.79 Å². The third-order valence-electron chi connectivity index (χ3n) is 4.01. The molecule has 1 heterocycles. The zero-order valence-electron chi connectivity index (χ0n) is 14.1. The van der Waals surface area contributed by atoms with Crippen molar-refractivity contribution in [2.45, 2.75) is 37.6 Å². The smallest absolute Gasteiger partial charge is 0.237 e. The summed E-state index contributed by atoms with van der Waals surface area (Å²) in [6.07, 6.45) is 0.891. The first kappa shape index (κ1) is 16.6. The van der Waals surface area contributed by atoms with E-state index in [0.717, 1.165) is 39.4 Å². The number of aromatic nitrogens is 2. The lowest BCUT2D eigenvalue weighted by Gasteiger charge is -2.15. The summed E-state index contributed by atoms with van der Waals surface area (Å²) in [5.41, 5.74) is 5.08. The Hall–Kier alpha value is -2.27. The van der Waals surface area contributed by atoms with Crippen LogP contribution in [-0.2, 0) is 11.2 Å². The minimum atomic E-state index is -0.241. The highest BCUT2D eigenvalue weighted by Crippen LogP contribution is 2.26. The first-order valence-electron chi connectivity index (χ1n) is 8.09. The lowest BCUT2D eigenvalue weighted by atomic mass is 10.1. The highest BCUT2D eigenvalue weighted by atomic mass is 32.2. The van der Waals surface area contributed by atoms with Crippen molar-refractivity contribution >= 4 is 34.4 Å². The zero-order chi connectivity index (χ0) is 17.1. The molecule has 1 aromatic heterocycles. The first-order chi connectivity index (χ1) is 11.6. The second-order valence-electron chi connectivity index (χ2n) is 5.77. The Labute approximate surface area is 146 Å². The summed E-state index contributed by atoms with van der Waals surface area (Å²) in [5.74, 6) is -0.00976. The fourth-order valence-corrected chi connectivity index (χ4v) is 3.45. The van der Waals surface area contributed by atoms with Crippen molar-refractivity contribution in [3.63, 3.8) is 0 Å². The summed E-state index contributed by atoms with van der Waals surface area (Å²) in [4.78, 5) is 20.4. The molecule has 0 saturated carbocycles. The number of thioether (sulfide) groups is 1. The van der Waals surface area contributed by atoms with E-state index in [4.69, 9.17) is 0 Å². The molecule has 0 aliphatic heterocycles. The first-order valence-corrected chi connectivity index (χ1v) is 8.97. The van der Waals surface area contributed by atoms with Gasteiger partial charge in [-0.3, -0.25) is 4.79 Å². The van der Waals surface area contributed by atoms with Crippen LogP contribution in [0.2, 0.25) is 0 Å². The topological polar surface area (TPSA) is 57.8 Å². The van der Waals surface area contributed by atoms with Gasteiger partial charge in [0.25, 0.3) is 0 Å². The molecule has 3 aromatic rings. The van der Waals surface area contributed by atoms with Gasteiger partial charge < -0.3 is 10.3 Å². The molecule has 0 aliphatic carbocycles. The van der Waals surface area contributed by atoms with E-state index in [1.54, 1.807) is 0 Å². The number of nitrogens with zero attached hydrogens (tertiary/aromatic N) is 1. The van der Waals surface area contributed by atoms with Crippen LogP contribution in [0.5, 0.6) is 0 Å². The standard InChI is InChI=1S/C19H21N3OS/c1-4-14-9-7-8-12(2)17(14)22-18(23)13(3)24-19-20-15-10-5-6-11-16(15)21-19/h5-11,13H,4H2,1-3H3,(H,20,21)(H,22,23)/t13-/m1/s1. The van der Waals surface area contributed by atoms with Gasteiger partial charge in [0.15, 0.2) is 5.16 Å². The number of para-hydroxylation sites is 3. The molecular formula is C19H21N3OS. The lowest BCUT2D eigenvalue weighted by molar-refractivity contribution is -0.115. The number of carbonyl (C=O) groups excluding carboxylic acids is 1. The number of rotatable bonds is 5. The van der Waals surface area contributed by atoms with Crippen molar-refractivity contribution in [2.75, 3.05) is 5.32 Å². The van der Waals surface area contributed by atoms with Crippen LogP contribution in [0.3, 0.4) is 0 Å². The van der Waals surface area contributed by atoms with E-state index >= 15 is 0 Å². The normalized spacial score (nSPS) is 12.3. The third-order valence-corrected chi connectivity index (χ3v) is 5.00. The van der Waals surface area contributed by atoms with Crippen molar-refractivity contribution in [3.8, 4) is 0 Å². The van der Waals surface area contributed by atoms with Crippen LogP contribution in [0.25, 0.3) is 11.0 Å². The maximum Gasteiger partial charge on any atom is 0.237 e. The largest absolute Gasteiger partial charge is 0.333 e. The molecule has 5 heteroatoms. The van der Waals surface area contributed by atoms with Crippen LogP contribution in [-0.4, -0.2) is 21.1 Å². The summed E-state index contributed by atoms with van der Waals surface area (Å²) in [6.45, 7) is 6.01. The highest BCUT2D eigenvalue weighted by Gasteiger charge is 2.18. The number of fused-ring (bicyclic) bond motifs is 1. The van der Waals surface area contributed by atoms with Gasteiger partial charge in [0.1, 0.15) is 0 Å². The van der Waals surface area contributed by atoms with Crippen LogP contribution < -0.4 is 5.32 Å². The van der Waals surface area contributed by atoms with Crippen LogP contribution in [0.4, 0.5) is 5.69 Å². The van der Waals surface area contributed by atoms with Crippen molar-refractivity contribution in [2.24, 2.45) is 0 Å². The van der Waals surface area contributed by atoms with Gasteiger partial charge >= 0.3 is 0 Å². The molecule has 124 valence electrons. The van der Waals surface area contributed by atoms with E-state index in [-0.39, 0.29) is 11.2 Å². The predicted octanol–water partition coefficient (Wildman–Crippen LogP) is 4.55. The van der Waals surface area contributed by atoms with Gasteiger partial charge in [-0.15, -0.1) is 0 Å². The molecule has 2 N–H and O–H groups in total. The van der Waals surface area contributed by atoms with E-state index in [2.05, 4.69) is 28.3 Å². The molecule has 0 unspecified atom stereocenters. The summed E-state index contributed by atoms with van der Waals surface area (Å²) >= 11 is 1.44. The summed E-state index contributed by atoms with van der Waals surface area (Å²) in [6, 6.07) is 14.0. The van der Waals surface area contributed by atoms with Crippen LogP contribution in [0, 0.1) is 6.92 Å². The second-order valence-corrected chi connectivity index (χ2v) is 7.10. The molecule has 0 radical (unpaired) electrons. The number of anilines is 1. The fourth-order valence-electron chi connectivity index (χ4n) is 2.63. The minimum Gasteiger partial charge on any atom is -0.333 e. The quantitative estimate of drug-likeness (QED) is 0.670. The molecular weight excluding hydrogens is 318 g/mol. The van der Waals surface area contributed by atoms with E-state index in [1.807, 2.05) is 50.2 Å². The zero-order valence-corrected chi connectivity index (χ0v) is 14.9. The summed E-state index contributed by atoms with van der Waals surface area (Å²) < 4.78 is 0. The highest BCUT2D eigenvalue weighted by molar-refractivity contribution is 8.00. The average molecular weight is 339 g/mol. The molecule has 24 heavy (non-hydrogen) atoms. The van der Waals surface area contributed by atoms with Gasteiger partial charge in [0, 0.05) is 5.69 Å². The summed E-state index contributed by atoms with van der Waals surface area (Å²) in [7, 11) is 0. The van der Waals surface area contributed by atoms with Crippen molar-refractivity contribution < 1.29 is 4.79 Å². The Morgan fingerprint density at radius 3 is 2.79 bits per heavy atom. The van der Waals surface area contributed by atoms with Crippen LogP contribution in [0.15, 0.2) is 47.6 Å². The van der Waals surface area contributed by atoms with Gasteiger partial charge in [-0.05, 0) is 43.5 Å². The van der Waals surface area contributed by atoms with E-state index in [1.165, 1.54) is 11.8 Å². The number of aryl methyl sites for hydroxylation is 2. The molecule has 0 bridgehead atoms. The van der Waals surface area contributed by atoms with Gasteiger partial charge in [-0.25, -0.2) is 4.98 Å². The van der Waals surface area contributed by atoms with E-state index < -0.39 is 0 Å². The number of hydrogen-bond donors (Lipinski definition) is 2. The molecule has 4 nitrogen and oxygen atoms in total. The lowest BCUT2D eigenvalue weighted by Crippen LogP contribution is -2.23. The van der Waals surface area contributed by atoms with Gasteiger partial charge in [0.2, 0.25) is 5.91 Å².